The van der Waals surface area contributed by atoms with Crippen molar-refractivity contribution in [3.05, 3.63) is 16.6 Å². The molecule has 0 saturated heterocycles. The summed E-state index contributed by atoms with van der Waals surface area (Å²) in [6.45, 7) is 0. The number of fused-ring (bicyclic) bond motifs is 1. The first-order chi connectivity index (χ1) is 6.22. The molecule has 6 heteroatoms. The lowest BCUT2D eigenvalue weighted by Crippen LogP contribution is -2.11. The molecule has 0 fully saturated rings. The molecule has 2 aromatic rings. The van der Waals surface area contributed by atoms with Gasteiger partial charge in [-0.2, -0.15) is 0 Å². The Hall–Kier alpha value is -1.30. The summed E-state index contributed by atoms with van der Waals surface area (Å²) < 4.78 is 1.39. The number of thioether (sulfide) groups is 1. The molecular formula is C7H8N4OS. The van der Waals surface area contributed by atoms with E-state index in [9.17, 15) is 4.79 Å². The minimum atomic E-state index is -0.0948. The highest BCUT2D eigenvalue weighted by atomic mass is 32.2. The molecule has 2 rings (SSSR count). The maximum atomic E-state index is 11.4. The fraction of sp³-hybridized carbons (Fsp3) is 0.286. The molecule has 0 bridgehead atoms. The van der Waals surface area contributed by atoms with Crippen molar-refractivity contribution in [2.75, 3.05) is 6.26 Å². The zero-order chi connectivity index (χ0) is 9.42. The maximum Gasteiger partial charge on any atom is 0.277 e. The van der Waals surface area contributed by atoms with Gasteiger partial charge in [0, 0.05) is 13.2 Å². The third-order valence-corrected chi connectivity index (χ3v) is 2.32. The van der Waals surface area contributed by atoms with E-state index in [-0.39, 0.29) is 5.56 Å². The van der Waals surface area contributed by atoms with Crippen molar-refractivity contribution in [1.82, 2.24) is 19.7 Å². The number of nitrogens with one attached hydrogen (secondary N) is 1. The molecule has 13 heavy (non-hydrogen) atoms. The van der Waals surface area contributed by atoms with Crippen molar-refractivity contribution in [3.63, 3.8) is 0 Å². The standard InChI is InChI=1S/C7H8N4OS/c1-11-6(12)4-3-8-7(13-2)9-5(4)10-11/h3H,1-2H3,(H,8,9,10). The molecule has 0 aliphatic rings. The Balaban J connectivity index is 2.80. The summed E-state index contributed by atoms with van der Waals surface area (Å²) in [5, 5.41) is 4.03. The quantitative estimate of drug-likeness (QED) is 0.529. The number of hydrogen-bond donors (Lipinski definition) is 1. The summed E-state index contributed by atoms with van der Waals surface area (Å²) in [6.07, 6.45) is 3.44. The number of aromatic amines is 1. The maximum absolute atomic E-state index is 11.4. The fourth-order valence-electron chi connectivity index (χ4n) is 1.10. The first kappa shape index (κ1) is 8.31. The predicted molar refractivity (Wildman–Crippen MR) is 50.9 cm³/mol. The van der Waals surface area contributed by atoms with E-state index in [0.717, 1.165) is 0 Å². The normalized spacial score (nSPS) is 10.9. The monoisotopic (exact) mass is 196 g/mol. The molecule has 0 radical (unpaired) electrons. The highest BCUT2D eigenvalue weighted by Crippen LogP contribution is 2.10. The van der Waals surface area contributed by atoms with E-state index in [1.807, 2.05) is 6.26 Å². The summed E-state index contributed by atoms with van der Waals surface area (Å²) in [5.41, 5.74) is 0.495. The van der Waals surface area contributed by atoms with Gasteiger partial charge in [-0.15, -0.1) is 0 Å². The van der Waals surface area contributed by atoms with Crippen LogP contribution in [-0.4, -0.2) is 26.0 Å². The molecule has 2 heterocycles. The summed E-state index contributed by atoms with van der Waals surface area (Å²) in [4.78, 5) is 19.5. The third-order valence-electron chi connectivity index (χ3n) is 1.76. The second kappa shape index (κ2) is 2.88. The Labute approximate surface area is 78.2 Å². The third kappa shape index (κ3) is 1.23. The van der Waals surface area contributed by atoms with E-state index in [1.165, 1.54) is 16.4 Å². The molecule has 0 aliphatic heterocycles. The predicted octanol–water partition coefficient (Wildman–Crippen LogP) is 0.378. The average Bonchev–Trinajstić information content (AvgIpc) is 2.42. The van der Waals surface area contributed by atoms with Gasteiger partial charge >= 0.3 is 0 Å². The molecule has 0 unspecified atom stereocenters. The smallest absolute Gasteiger partial charge is 0.277 e. The summed E-state index contributed by atoms with van der Waals surface area (Å²) >= 11 is 1.45. The molecule has 0 atom stereocenters. The molecular weight excluding hydrogens is 188 g/mol. The van der Waals surface area contributed by atoms with Gasteiger partial charge in [-0.3, -0.25) is 14.6 Å². The lowest BCUT2D eigenvalue weighted by molar-refractivity contribution is 0.746. The second-order valence-electron chi connectivity index (χ2n) is 2.59. The van der Waals surface area contributed by atoms with Crippen molar-refractivity contribution in [2.24, 2.45) is 7.05 Å². The minimum absolute atomic E-state index is 0.0948. The number of aryl methyl sites for hydroxylation is 1. The Bertz CT molecular complexity index is 501. The fourth-order valence-corrected chi connectivity index (χ4v) is 1.44. The lowest BCUT2D eigenvalue weighted by atomic mass is 10.4. The van der Waals surface area contributed by atoms with Crippen molar-refractivity contribution < 1.29 is 0 Å². The van der Waals surface area contributed by atoms with Gasteiger partial charge in [0.2, 0.25) is 0 Å². The first-order valence-corrected chi connectivity index (χ1v) is 4.90. The van der Waals surface area contributed by atoms with Crippen LogP contribution in [0.1, 0.15) is 0 Å². The molecule has 68 valence electrons. The van der Waals surface area contributed by atoms with E-state index >= 15 is 0 Å². The van der Waals surface area contributed by atoms with Gasteiger partial charge in [0.15, 0.2) is 10.8 Å². The SMILES string of the molecule is CSc1ncc2c(=O)n(C)[nH]c2n1. The highest BCUT2D eigenvalue weighted by Gasteiger charge is 2.05. The van der Waals surface area contributed by atoms with Gasteiger partial charge in [0.1, 0.15) is 5.39 Å². The van der Waals surface area contributed by atoms with E-state index < -0.39 is 0 Å². The molecule has 0 amide bonds. The van der Waals surface area contributed by atoms with Crippen LogP contribution in [0.4, 0.5) is 0 Å². The van der Waals surface area contributed by atoms with E-state index in [4.69, 9.17) is 0 Å². The molecule has 0 aromatic carbocycles. The van der Waals surface area contributed by atoms with Gasteiger partial charge in [-0.05, 0) is 6.26 Å². The molecule has 0 saturated carbocycles. The van der Waals surface area contributed by atoms with Crippen LogP contribution < -0.4 is 5.56 Å². The number of H-pyrrole nitrogens is 1. The molecule has 0 aliphatic carbocycles. The summed E-state index contributed by atoms with van der Waals surface area (Å²) in [5.74, 6) is 0. The Morgan fingerprint density at radius 2 is 2.38 bits per heavy atom. The largest absolute Gasteiger partial charge is 0.278 e. The average molecular weight is 196 g/mol. The van der Waals surface area contributed by atoms with E-state index in [0.29, 0.717) is 16.2 Å². The molecule has 2 aromatic heterocycles. The van der Waals surface area contributed by atoms with Crippen LogP contribution in [-0.2, 0) is 7.05 Å². The van der Waals surface area contributed by atoms with E-state index in [1.54, 1.807) is 13.2 Å². The van der Waals surface area contributed by atoms with Crippen LogP contribution in [0.3, 0.4) is 0 Å². The summed E-state index contributed by atoms with van der Waals surface area (Å²) in [6, 6.07) is 0. The number of aromatic nitrogens is 4. The van der Waals surface area contributed by atoms with E-state index in [2.05, 4.69) is 15.1 Å². The number of nitrogens with zero attached hydrogens (tertiary/aromatic N) is 3. The van der Waals surface area contributed by atoms with Gasteiger partial charge in [-0.25, -0.2) is 9.97 Å². The molecule has 1 N–H and O–H groups in total. The Kier molecular flexibility index (Phi) is 1.84. The number of rotatable bonds is 1. The minimum Gasteiger partial charge on any atom is -0.278 e. The van der Waals surface area contributed by atoms with Gasteiger partial charge in [0.05, 0.1) is 0 Å². The van der Waals surface area contributed by atoms with Crippen LogP contribution in [0, 0.1) is 0 Å². The zero-order valence-electron chi connectivity index (χ0n) is 7.24. The molecule has 0 spiro atoms. The van der Waals surface area contributed by atoms with Crippen LogP contribution in [0.25, 0.3) is 11.0 Å². The van der Waals surface area contributed by atoms with Crippen molar-refractivity contribution >= 4 is 22.8 Å². The number of hydrogen-bond acceptors (Lipinski definition) is 4. The summed E-state index contributed by atoms with van der Waals surface area (Å²) in [7, 11) is 1.66. The topological polar surface area (TPSA) is 63.6 Å². The van der Waals surface area contributed by atoms with Crippen molar-refractivity contribution in [1.29, 1.82) is 0 Å². The van der Waals surface area contributed by atoms with Crippen LogP contribution in [0.15, 0.2) is 16.1 Å². The highest BCUT2D eigenvalue weighted by molar-refractivity contribution is 7.98. The zero-order valence-corrected chi connectivity index (χ0v) is 8.05. The van der Waals surface area contributed by atoms with Crippen LogP contribution in [0.5, 0.6) is 0 Å². The van der Waals surface area contributed by atoms with Crippen LogP contribution >= 0.6 is 11.8 Å². The van der Waals surface area contributed by atoms with Crippen LogP contribution in [0.2, 0.25) is 0 Å². The van der Waals surface area contributed by atoms with Gasteiger partial charge in [0.25, 0.3) is 5.56 Å². The van der Waals surface area contributed by atoms with Gasteiger partial charge in [-0.1, -0.05) is 11.8 Å². The second-order valence-corrected chi connectivity index (χ2v) is 3.37. The Morgan fingerprint density at radius 1 is 1.62 bits per heavy atom. The molecule has 5 nitrogen and oxygen atoms in total. The first-order valence-electron chi connectivity index (χ1n) is 3.68. The van der Waals surface area contributed by atoms with Crippen molar-refractivity contribution in [3.8, 4) is 0 Å². The Morgan fingerprint density at radius 3 is 3.08 bits per heavy atom. The lowest BCUT2D eigenvalue weighted by Gasteiger charge is -1.91. The van der Waals surface area contributed by atoms with Crippen molar-refractivity contribution in [2.45, 2.75) is 5.16 Å². The van der Waals surface area contributed by atoms with Gasteiger partial charge < -0.3 is 0 Å².